The summed E-state index contributed by atoms with van der Waals surface area (Å²) in [6, 6.07) is 0.365. The van der Waals surface area contributed by atoms with Crippen LogP contribution in [0.5, 0.6) is 0 Å². The van der Waals surface area contributed by atoms with E-state index in [0.717, 1.165) is 51.8 Å². The number of carbonyl (C=O) groups is 1. The molecule has 2 fully saturated rings. The van der Waals surface area contributed by atoms with Crippen LogP contribution in [-0.2, 0) is 9.53 Å². The Kier molecular flexibility index (Phi) is 4.60. The lowest BCUT2D eigenvalue weighted by Gasteiger charge is -2.17. The second-order valence-corrected chi connectivity index (χ2v) is 4.78. The molecule has 0 aliphatic carbocycles. The van der Waals surface area contributed by atoms with E-state index in [4.69, 9.17) is 4.74 Å². The Balaban J connectivity index is 1.68. The molecule has 0 aromatic carbocycles. The van der Waals surface area contributed by atoms with Crippen molar-refractivity contribution in [3.05, 3.63) is 0 Å². The standard InChI is InChI=1S/C12H22N2O2/c15-12(9-11-4-2-8-16-11)14-10-3-1-6-13-7-5-10/h10-11,13H,1-9H2,(H,14,15). The van der Waals surface area contributed by atoms with E-state index in [-0.39, 0.29) is 12.0 Å². The SMILES string of the molecule is O=C(CC1CCCO1)NC1CCCNCC1. The van der Waals surface area contributed by atoms with Gasteiger partial charge in [0.05, 0.1) is 12.5 Å². The van der Waals surface area contributed by atoms with Crippen LogP contribution in [0.1, 0.15) is 38.5 Å². The van der Waals surface area contributed by atoms with E-state index >= 15 is 0 Å². The number of ether oxygens (including phenoxy) is 1. The molecule has 2 rings (SSSR count). The highest BCUT2D eigenvalue weighted by molar-refractivity contribution is 5.76. The van der Waals surface area contributed by atoms with Crippen LogP contribution in [0.4, 0.5) is 0 Å². The Bertz CT molecular complexity index is 219. The molecule has 4 nitrogen and oxygen atoms in total. The maximum atomic E-state index is 11.8. The lowest BCUT2D eigenvalue weighted by atomic mass is 10.1. The summed E-state index contributed by atoms with van der Waals surface area (Å²) in [6.45, 7) is 2.92. The maximum absolute atomic E-state index is 11.8. The zero-order valence-corrected chi connectivity index (χ0v) is 9.84. The second-order valence-electron chi connectivity index (χ2n) is 4.78. The third-order valence-corrected chi connectivity index (χ3v) is 3.38. The number of nitrogens with one attached hydrogen (secondary N) is 2. The van der Waals surface area contributed by atoms with Crippen LogP contribution in [-0.4, -0.2) is 37.7 Å². The molecule has 0 saturated carbocycles. The van der Waals surface area contributed by atoms with E-state index in [9.17, 15) is 4.79 Å². The molecule has 0 bridgehead atoms. The predicted octanol–water partition coefficient (Wildman–Crippen LogP) is 0.814. The van der Waals surface area contributed by atoms with Gasteiger partial charge in [-0.3, -0.25) is 4.79 Å². The average molecular weight is 226 g/mol. The van der Waals surface area contributed by atoms with Gasteiger partial charge >= 0.3 is 0 Å². The third kappa shape index (κ3) is 3.76. The zero-order valence-electron chi connectivity index (χ0n) is 9.84. The quantitative estimate of drug-likeness (QED) is 0.749. The van der Waals surface area contributed by atoms with Crippen molar-refractivity contribution in [2.24, 2.45) is 0 Å². The highest BCUT2D eigenvalue weighted by Gasteiger charge is 2.21. The van der Waals surface area contributed by atoms with E-state index in [0.29, 0.717) is 12.5 Å². The molecule has 0 radical (unpaired) electrons. The summed E-state index contributed by atoms with van der Waals surface area (Å²) in [5, 5.41) is 6.47. The summed E-state index contributed by atoms with van der Waals surface area (Å²) >= 11 is 0. The average Bonchev–Trinajstić information content (AvgIpc) is 2.62. The van der Waals surface area contributed by atoms with Crippen LogP contribution in [0.3, 0.4) is 0 Å². The monoisotopic (exact) mass is 226 g/mol. The van der Waals surface area contributed by atoms with Crippen molar-refractivity contribution in [2.75, 3.05) is 19.7 Å². The largest absolute Gasteiger partial charge is 0.378 e. The lowest BCUT2D eigenvalue weighted by molar-refractivity contribution is -0.124. The van der Waals surface area contributed by atoms with Gasteiger partial charge in [0.25, 0.3) is 0 Å². The summed E-state index contributed by atoms with van der Waals surface area (Å²) in [7, 11) is 0. The first-order valence-corrected chi connectivity index (χ1v) is 6.46. The third-order valence-electron chi connectivity index (χ3n) is 3.38. The first kappa shape index (κ1) is 11.9. The molecule has 92 valence electrons. The molecule has 2 aliphatic heterocycles. The summed E-state index contributed by atoms with van der Waals surface area (Å²) in [6.07, 6.45) is 6.17. The molecule has 4 heteroatoms. The van der Waals surface area contributed by atoms with E-state index in [1.807, 2.05) is 0 Å². The smallest absolute Gasteiger partial charge is 0.222 e. The minimum Gasteiger partial charge on any atom is -0.378 e. The first-order valence-electron chi connectivity index (χ1n) is 6.46. The van der Waals surface area contributed by atoms with Crippen LogP contribution in [0.15, 0.2) is 0 Å². The van der Waals surface area contributed by atoms with Gasteiger partial charge in [-0.1, -0.05) is 0 Å². The van der Waals surface area contributed by atoms with Gasteiger partial charge in [0.1, 0.15) is 0 Å². The Hall–Kier alpha value is -0.610. The van der Waals surface area contributed by atoms with Gasteiger partial charge in [-0.25, -0.2) is 0 Å². The fraction of sp³-hybridized carbons (Fsp3) is 0.917. The molecule has 0 aromatic rings. The van der Waals surface area contributed by atoms with Gasteiger partial charge in [-0.2, -0.15) is 0 Å². The van der Waals surface area contributed by atoms with Crippen LogP contribution in [0.25, 0.3) is 0 Å². The molecule has 0 spiro atoms. The van der Waals surface area contributed by atoms with Gasteiger partial charge in [0.2, 0.25) is 5.91 Å². The highest BCUT2D eigenvalue weighted by Crippen LogP contribution is 2.15. The van der Waals surface area contributed by atoms with Gasteiger partial charge < -0.3 is 15.4 Å². The Morgan fingerprint density at radius 1 is 1.25 bits per heavy atom. The molecular weight excluding hydrogens is 204 g/mol. The topological polar surface area (TPSA) is 50.4 Å². The minimum absolute atomic E-state index is 0.166. The van der Waals surface area contributed by atoms with Gasteiger partial charge in [0, 0.05) is 12.6 Å². The van der Waals surface area contributed by atoms with Crippen LogP contribution in [0.2, 0.25) is 0 Å². The number of hydrogen-bond donors (Lipinski definition) is 2. The van der Waals surface area contributed by atoms with Crippen molar-refractivity contribution in [2.45, 2.75) is 50.7 Å². The number of rotatable bonds is 3. The second kappa shape index (κ2) is 6.21. The van der Waals surface area contributed by atoms with Crippen molar-refractivity contribution in [1.82, 2.24) is 10.6 Å². The van der Waals surface area contributed by atoms with Crippen LogP contribution < -0.4 is 10.6 Å². The lowest BCUT2D eigenvalue weighted by Crippen LogP contribution is -2.37. The predicted molar refractivity (Wildman–Crippen MR) is 62.2 cm³/mol. The van der Waals surface area contributed by atoms with Gasteiger partial charge in [0.15, 0.2) is 0 Å². The Labute approximate surface area is 97.1 Å². The van der Waals surface area contributed by atoms with Crippen LogP contribution in [0, 0.1) is 0 Å². The Morgan fingerprint density at radius 2 is 2.19 bits per heavy atom. The molecular formula is C12H22N2O2. The normalized spacial score (nSPS) is 31.0. The number of carbonyl (C=O) groups excluding carboxylic acids is 1. The molecule has 16 heavy (non-hydrogen) atoms. The van der Waals surface area contributed by atoms with Crippen molar-refractivity contribution >= 4 is 5.91 Å². The molecule has 2 saturated heterocycles. The summed E-state index contributed by atoms with van der Waals surface area (Å²) in [4.78, 5) is 11.8. The van der Waals surface area contributed by atoms with Crippen molar-refractivity contribution in [3.8, 4) is 0 Å². The zero-order chi connectivity index (χ0) is 11.2. The minimum atomic E-state index is 0.166. The summed E-state index contributed by atoms with van der Waals surface area (Å²) in [5.41, 5.74) is 0. The summed E-state index contributed by atoms with van der Waals surface area (Å²) < 4.78 is 5.46. The van der Waals surface area contributed by atoms with Gasteiger partial charge in [-0.15, -0.1) is 0 Å². The fourth-order valence-electron chi connectivity index (χ4n) is 2.46. The Morgan fingerprint density at radius 3 is 3.00 bits per heavy atom. The van der Waals surface area contributed by atoms with E-state index in [1.165, 1.54) is 0 Å². The molecule has 1 amide bonds. The van der Waals surface area contributed by atoms with Crippen LogP contribution >= 0.6 is 0 Å². The van der Waals surface area contributed by atoms with Gasteiger partial charge in [-0.05, 0) is 45.2 Å². The van der Waals surface area contributed by atoms with E-state index in [1.54, 1.807) is 0 Å². The number of amides is 1. The molecule has 2 aliphatic rings. The van der Waals surface area contributed by atoms with E-state index < -0.39 is 0 Å². The van der Waals surface area contributed by atoms with Crippen molar-refractivity contribution in [3.63, 3.8) is 0 Å². The molecule has 2 N–H and O–H groups in total. The summed E-state index contributed by atoms with van der Waals surface area (Å²) in [5.74, 6) is 0.166. The fourth-order valence-corrected chi connectivity index (χ4v) is 2.46. The molecule has 2 unspecified atom stereocenters. The molecule has 0 aromatic heterocycles. The van der Waals surface area contributed by atoms with E-state index in [2.05, 4.69) is 10.6 Å². The molecule has 2 atom stereocenters. The van der Waals surface area contributed by atoms with Crippen molar-refractivity contribution < 1.29 is 9.53 Å². The first-order chi connectivity index (χ1) is 7.84. The highest BCUT2D eigenvalue weighted by atomic mass is 16.5. The van der Waals surface area contributed by atoms with Crippen molar-refractivity contribution in [1.29, 1.82) is 0 Å². The maximum Gasteiger partial charge on any atom is 0.222 e. The molecule has 2 heterocycles. The number of hydrogen-bond acceptors (Lipinski definition) is 3.